The maximum atomic E-state index is 5.97. The molecular weight excluding hydrogens is 258 g/mol. The molecule has 3 heteroatoms. The second-order valence-electron chi connectivity index (χ2n) is 4.26. The van der Waals surface area contributed by atoms with E-state index < -0.39 is 0 Å². The Hall–Kier alpha value is -2.06. The third kappa shape index (κ3) is 2.40. The number of pyridine rings is 1. The van der Waals surface area contributed by atoms with E-state index in [1.54, 1.807) is 7.11 Å². The Labute approximate surface area is 116 Å². The van der Waals surface area contributed by atoms with Gasteiger partial charge >= 0.3 is 0 Å². The van der Waals surface area contributed by atoms with E-state index in [1.807, 2.05) is 54.6 Å². The lowest BCUT2D eigenvalue weighted by atomic mass is 10.1. The van der Waals surface area contributed by atoms with Gasteiger partial charge in [-0.25, -0.2) is 4.98 Å². The number of hydrogen-bond donors (Lipinski definition) is 0. The largest absolute Gasteiger partial charge is 0.497 e. The number of nitrogens with zero attached hydrogens (tertiary/aromatic N) is 1. The predicted molar refractivity (Wildman–Crippen MR) is 78.7 cm³/mol. The zero-order valence-corrected chi connectivity index (χ0v) is 11.2. The molecule has 94 valence electrons. The van der Waals surface area contributed by atoms with E-state index in [1.165, 1.54) is 0 Å². The second kappa shape index (κ2) is 4.90. The van der Waals surface area contributed by atoms with Gasteiger partial charge in [-0.2, -0.15) is 0 Å². The molecule has 2 aromatic carbocycles. The number of methoxy groups -OCH3 is 1. The monoisotopic (exact) mass is 269 g/mol. The topological polar surface area (TPSA) is 22.1 Å². The third-order valence-electron chi connectivity index (χ3n) is 3.04. The lowest BCUT2D eigenvalue weighted by molar-refractivity contribution is 0.415. The van der Waals surface area contributed by atoms with Gasteiger partial charge in [-0.15, -0.1) is 0 Å². The van der Waals surface area contributed by atoms with Crippen molar-refractivity contribution in [1.82, 2.24) is 4.98 Å². The highest BCUT2D eigenvalue weighted by Crippen LogP contribution is 2.24. The molecule has 0 spiro atoms. The van der Waals surface area contributed by atoms with Crippen LogP contribution in [-0.2, 0) is 0 Å². The van der Waals surface area contributed by atoms with Crippen LogP contribution < -0.4 is 4.74 Å². The molecule has 0 saturated heterocycles. The fourth-order valence-electron chi connectivity index (χ4n) is 2.02. The van der Waals surface area contributed by atoms with Crippen LogP contribution >= 0.6 is 11.6 Å². The summed E-state index contributed by atoms with van der Waals surface area (Å²) in [6.07, 6.45) is 0. The number of rotatable bonds is 2. The van der Waals surface area contributed by atoms with Gasteiger partial charge in [0.15, 0.2) is 0 Å². The number of hydrogen-bond acceptors (Lipinski definition) is 2. The zero-order valence-electron chi connectivity index (χ0n) is 10.4. The molecule has 0 aliphatic carbocycles. The van der Waals surface area contributed by atoms with E-state index >= 15 is 0 Å². The Balaban J connectivity index is 2.06. The van der Waals surface area contributed by atoms with Crippen LogP contribution in [0.5, 0.6) is 5.75 Å². The maximum Gasteiger partial charge on any atom is 0.118 e. The summed E-state index contributed by atoms with van der Waals surface area (Å²) in [5.41, 5.74) is 2.95. The Morgan fingerprint density at radius 3 is 2.47 bits per heavy atom. The van der Waals surface area contributed by atoms with Gasteiger partial charge in [-0.3, -0.25) is 0 Å². The van der Waals surface area contributed by atoms with Gasteiger partial charge in [0.05, 0.1) is 18.3 Å². The molecule has 0 fully saturated rings. The number of halogens is 1. The summed E-state index contributed by atoms with van der Waals surface area (Å²) < 4.78 is 5.15. The van der Waals surface area contributed by atoms with E-state index in [0.717, 1.165) is 32.9 Å². The molecule has 19 heavy (non-hydrogen) atoms. The Morgan fingerprint density at radius 2 is 1.74 bits per heavy atom. The van der Waals surface area contributed by atoms with Crippen LogP contribution in [0, 0.1) is 0 Å². The van der Waals surface area contributed by atoms with Crippen LogP contribution in [0.25, 0.3) is 22.2 Å². The Morgan fingerprint density at radius 1 is 0.947 bits per heavy atom. The van der Waals surface area contributed by atoms with Crippen molar-refractivity contribution in [3.63, 3.8) is 0 Å². The molecule has 1 aromatic heterocycles. The van der Waals surface area contributed by atoms with Crippen LogP contribution in [0.1, 0.15) is 0 Å². The minimum absolute atomic E-state index is 0.728. The molecule has 0 aliphatic rings. The van der Waals surface area contributed by atoms with Crippen molar-refractivity contribution in [2.75, 3.05) is 7.11 Å². The molecule has 3 aromatic rings. The van der Waals surface area contributed by atoms with Gasteiger partial charge < -0.3 is 4.74 Å². The summed E-state index contributed by atoms with van der Waals surface area (Å²) in [4.78, 5) is 4.64. The van der Waals surface area contributed by atoms with E-state index in [0.29, 0.717) is 0 Å². The molecule has 0 atom stereocenters. The summed E-state index contributed by atoms with van der Waals surface area (Å²) in [5.74, 6) is 0.844. The first-order valence-corrected chi connectivity index (χ1v) is 6.35. The fourth-order valence-corrected chi connectivity index (χ4v) is 2.20. The van der Waals surface area contributed by atoms with Gasteiger partial charge in [0.25, 0.3) is 0 Å². The van der Waals surface area contributed by atoms with E-state index in [4.69, 9.17) is 16.3 Å². The van der Waals surface area contributed by atoms with Crippen molar-refractivity contribution in [1.29, 1.82) is 0 Å². The highest BCUT2D eigenvalue weighted by Gasteiger charge is 2.02. The molecular formula is C16H12ClNO. The second-order valence-corrected chi connectivity index (χ2v) is 4.70. The van der Waals surface area contributed by atoms with Crippen molar-refractivity contribution >= 4 is 22.5 Å². The summed E-state index contributed by atoms with van der Waals surface area (Å²) >= 11 is 5.97. The molecule has 0 aliphatic heterocycles. The molecule has 1 heterocycles. The van der Waals surface area contributed by atoms with Crippen molar-refractivity contribution < 1.29 is 4.74 Å². The van der Waals surface area contributed by atoms with Gasteiger partial charge in [0, 0.05) is 16.0 Å². The molecule has 0 saturated carbocycles. The standard InChI is InChI=1S/C16H12ClNO/c1-19-14-6-2-11(3-7-14)15-8-4-12-10-13(17)5-9-16(12)18-15/h2-10H,1H3. The summed E-state index contributed by atoms with van der Waals surface area (Å²) in [6.45, 7) is 0. The quantitative estimate of drug-likeness (QED) is 0.680. The summed E-state index contributed by atoms with van der Waals surface area (Å²) in [5, 5.41) is 1.77. The van der Waals surface area contributed by atoms with Crippen molar-refractivity contribution in [2.45, 2.75) is 0 Å². The van der Waals surface area contributed by atoms with Gasteiger partial charge in [-0.1, -0.05) is 17.7 Å². The Bertz CT molecular complexity index is 722. The molecule has 0 amide bonds. The average Bonchev–Trinajstić information content (AvgIpc) is 2.47. The number of benzene rings is 2. The smallest absolute Gasteiger partial charge is 0.118 e. The highest BCUT2D eigenvalue weighted by molar-refractivity contribution is 6.31. The molecule has 0 N–H and O–H groups in total. The fraction of sp³-hybridized carbons (Fsp3) is 0.0625. The van der Waals surface area contributed by atoms with Crippen LogP contribution in [0.2, 0.25) is 5.02 Å². The minimum Gasteiger partial charge on any atom is -0.497 e. The van der Waals surface area contributed by atoms with Crippen LogP contribution in [0.4, 0.5) is 0 Å². The molecule has 2 nitrogen and oxygen atoms in total. The van der Waals surface area contributed by atoms with E-state index in [2.05, 4.69) is 4.98 Å². The van der Waals surface area contributed by atoms with E-state index in [9.17, 15) is 0 Å². The van der Waals surface area contributed by atoms with Crippen LogP contribution in [0.3, 0.4) is 0 Å². The number of fused-ring (bicyclic) bond motifs is 1. The number of ether oxygens (including phenoxy) is 1. The highest BCUT2D eigenvalue weighted by atomic mass is 35.5. The summed E-state index contributed by atoms with van der Waals surface area (Å²) in [7, 11) is 1.66. The maximum absolute atomic E-state index is 5.97. The Kier molecular flexibility index (Phi) is 3.10. The van der Waals surface area contributed by atoms with Crippen LogP contribution in [0.15, 0.2) is 54.6 Å². The lowest BCUT2D eigenvalue weighted by Crippen LogP contribution is -1.86. The van der Waals surface area contributed by atoms with Crippen molar-refractivity contribution in [3.8, 4) is 17.0 Å². The molecule has 3 rings (SSSR count). The normalized spacial score (nSPS) is 10.6. The first kappa shape index (κ1) is 12.0. The van der Waals surface area contributed by atoms with Gasteiger partial charge in [-0.05, 0) is 48.5 Å². The minimum atomic E-state index is 0.728. The lowest BCUT2D eigenvalue weighted by Gasteiger charge is -2.05. The summed E-state index contributed by atoms with van der Waals surface area (Å²) in [6, 6.07) is 17.6. The molecule has 0 radical (unpaired) electrons. The van der Waals surface area contributed by atoms with Crippen molar-refractivity contribution in [3.05, 3.63) is 59.6 Å². The number of aromatic nitrogens is 1. The zero-order chi connectivity index (χ0) is 13.2. The predicted octanol–water partition coefficient (Wildman–Crippen LogP) is 4.56. The average molecular weight is 270 g/mol. The van der Waals surface area contributed by atoms with Gasteiger partial charge in [0.1, 0.15) is 5.75 Å². The van der Waals surface area contributed by atoms with Gasteiger partial charge in [0.2, 0.25) is 0 Å². The van der Waals surface area contributed by atoms with E-state index in [-0.39, 0.29) is 0 Å². The third-order valence-corrected chi connectivity index (χ3v) is 3.27. The first-order chi connectivity index (χ1) is 9.26. The van der Waals surface area contributed by atoms with Crippen molar-refractivity contribution in [2.24, 2.45) is 0 Å². The van der Waals surface area contributed by atoms with Crippen LogP contribution in [-0.4, -0.2) is 12.1 Å². The molecule has 0 bridgehead atoms. The first-order valence-electron chi connectivity index (χ1n) is 5.97. The molecule has 0 unspecified atom stereocenters. The SMILES string of the molecule is COc1ccc(-c2ccc3cc(Cl)ccc3n2)cc1.